The lowest BCUT2D eigenvalue weighted by Gasteiger charge is -2.08. The number of hydrazone groups is 1. The predicted octanol–water partition coefficient (Wildman–Crippen LogP) is 4.52. The maximum atomic E-state index is 6.05. The first-order chi connectivity index (χ1) is 13.1. The monoisotopic (exact) mass is 398 g/mol. The van der Waals surface area contributed by atoms with E-state index in [9.17, 15) is 0 Å². The summed E-state index contributed by atoms with van der Waals surface area (Å²) in [5.41, 5.74) is 5.75. The zero-order chi connectivity index (χ0) is 19.1. The molecular weight excluding hydrogens is 380 g/mol. The molecule has 0 atom stereocenters. The Labute approximate surface area is 168 Å². The third-order valence-electron chi connectivity index (χ3n) is 3.82. The number of hydrogen-bond acceptors (Lipinski definition) is 3. The highest BCUT2D eigenvalue weighted by Gasteiger charge is 2.01. The molecular formula is C20H19ClN4OS. The van der Waals surface area contributed by atoms with Crippen LogP contribution in [0.2, 0.25) is 5.02 Å². The molecule has 0 aliphatic carbocycles. The largest absolute Gasteiger partial charge is 0.497 e. The molecule has 0 aliphatic heterocycles. The van der Waals surface area contributed by atoms with Crippen molar-refractivity contribution < 1.29 is 4.74 Å². The summed E-state index contributed by atoms with van der Waals surface area (Å²) >= 11 is 11.3. The van der Waals surface area contributed by atoms with Gasteiger partial charge in [0.05, 0.1) is 19.0 Å². The van der Waals surface area contributed by atoms with Gasteiger partial charge in [0.2, 0.25) is 0 Å². The van der Waals surface area contributed by atoms with Gasteiger partial charge < -0.3 is 14.6 Å². The number of nitrogens with one attached hydrogen (secondary N) is 2. The number of ether oxygens (including phenoxy) is 1. The van der Waals surface area contributed by atoms with Crippen LogP contribution in [-0.2, 0) is 6.54 Å². The van der Waals surface area contributed by atoms with Gasteiger partial charge in [0.1, 0.15) is 5.75 Å². The summed E-state index contributed by atoms with van der Waals surface area (Å²) in [6.45, 7) is 0.712. The standard InChI is InChI=1S/C20H19ClN4OS/c1-26-19-9-7-17(8-10-19)23-20(27)24-22-13-18-6-3-11-25(18)14-15-4-2-5-16(21)12-15/h2-13H,14H2,1H3,(H2,23,24,27). The summed E-state index contributed by atoms with van der Waals surface area (Å²) in [4.78, 5) is 0. The Morgan fingerprint density at radius 2 is 2.00 bits per heavy atom. The average molecular weight is 399 g/mol. The van der Waals surface area contributed by atoms with Gasteiger partial charge >= 0.3 is 0 Å². The second-order valence-electron chi connectivity index (χ2n) is 5.74. The predicted molar refractivity (Wildman–Crippen MR) is 115 cm³/mol. The van der Waals surface area contributed by atoms with E-state index in [-0.39, 0.29) is 0 Å². The van der Waals surface area contributed by atoms with Crippen LogP contribution in [-0.4, -0.2) is 23.0 Å². The van der Waals surface area contributed by atoms with Gasteiger partial charge in [0.25, 0.3) is 0 Å². The Balaban J connectivity index is 1.56. The molecule has 0 radical (unpaired) electrons. The number of benzene rings is 2. The van der Waals surface area contributed by atoms with Crippen LogP contribution in [0.1, 0.15) is 11.3 Å². The van der Waals surface area contributed by atoms with E-state index in [4.69, 9.17) is 28.6 Å². The first-order valence-electron chi connectivity index (χ1n) is 8.28. The van der Waals surface area contributed by atoms with Crippen LogP contribution >= 0.6 is 23.8 Å². The topological polar surface area (TPSA) is 50.6 Å². The zero-order valence-corrected chi connectivity index (χ0v) is 16.3. The van der Waals surface area contributed by atoms with Crippen molar-refractivity contribution in [3.8, 4) is 5.75 Å². The van der Waals surface area contributed by atoms with E-state index in [1.807, 2.05) is 66.9 Å². The number of nitrogens with zero attached hydrogens (tertiary/aromatic N) is 2. The molecule has 2 N–H and O–H groups in total. The van der Waals surface area contributed by atoms with E-state index >= 15 is 0 Å². The van der Waals surface area contributed by atoms with Crippen LogP contribution in [0.4, 0.5) is 5.69 Å². The van der Waals surface area contributed by atoms with Crippen molar-refractivity contribution in [2.24, 2.45) is 5.10 Å². The number of anilines is 1. The Hall–Kier alpha value is -2.83. The minimum atomic E-state index is 0.407. The van der Waals surface area contributed by atoms with Crippen molar-refractivity contribution in [2.75, 3.05) is 12.4 Å². The molecule has 0 saturated carbocycles. The summed E-state index contributed by atoms with van der Waals surface area (Å²) in [5, 5.41) is 8.41. The number of halogens is 1. The van der Waals surface area contributed by atoms with Crippen molar-refractivity contribution >= 4 is 40.8 Å². The summed E-state index contributed by atoms with van der Waals surface area (Å²) in [6.07, 6.45) is 3.72. The maximum Gasteiger partial charge on any atom is 0.191 e. The molecule has 0 fully saturated rings. The van der Waals surface area contributed by atoms with Crippen molar-refractivity contribution in [1.82, 2.24) is 9.99 Å². The van der Waals surface area contributed by atoms with E-state index in [1.54, 1.807) is 13.3 Å². The fourth-order valence-corrected chi connectivity index (χ4v) is 2.89. The minimum Gasteiger partial charge on any atom is -0.497 e. The quantitative estimate of drug-likeness (QED) is 0.364. The molecule has 0 bridgehead atoms. The Kier molecular flexibility index (Phi) is 6.46. The Bertz CT molecular complexity index is 937. The Morgan fingerprint density at radius 3 is 2.74 bits per heavy atom. The highest BCUT2D eigenvalue weighted by Crippen LogP contribution is 2.15. The summed E-state index contributed by atoms with van der Waals surface area (Å²) < 4.78 is 7.21. The first-order valence-corrected chi connectivity index (χ1v) is 9.06. The molecule has 0 unspecified atom stereocenters. The molecule has 138 valence electrons. The SMILES string of the molecule is COc1ccc(NC(=S)NN=Cc2cccn2Cc2cccc(Cl)c2)cc1. The lowest BCUT2D eigenvalue weighted by Crippen LogP contribution is -2.24. The summed E-state index contributed by atoms with van der Waals surface area (Å²) in [7, 11) is 1.63. The van der Waals surface area contributed by atoms with Crippen LogP contribution in [0.3, 0.4) is 0 Å². The lowest BCUT2D eigenvalue weighted by molar-refractivity contribution is 0.415. The van der Waals surface area contributed by atoms with E-state index < -0.39 is 0 Å². The van der Waals surface area contributed by atoms with Crippen molar-refractivity contribution in [3.05, 3.63) is 83.1 Å². The van der Waals surface area contributed by atoms with E-state index in [2.05, 4.69) is 20.4 Å². The van der Waals surface area contributed by atoms with Crippen LogP contribution in [0, 0.1) is 0 Å². The summed E-state index contributed by atoms with van der Waals surface area (Å²) in [5.74, 6) is 0.790. The van der Waals surface area contributed by atoms with Crippen LogP contribution in [0.5, 0.6) is 5.75 Å². The third-order valence-corrected chi connectivity index (χ3v) is 4.25. The fourth-order valence-electron chi connectivity index (χ4n) is 2.51. The number of rotatable bonds is 6. The number of aromatic nitrogens is 1. The molecule has 2 aromatic carbocycles. The Morgan fingerprint density at radius 1 is 1.19 bits per heavy atom. The van der Waals surface area contributed by atoms with Crippen LogP contribution < -0.4 is 15.5 Å². The van der Waals surface area contributed by atoms with Crippen molar-refractivity contribution in [2.45, 2.75) is 6.54 Å². The number of thiocarbonyl (C=S) groups is 1. The average Bonchev–Trinajstić information content (AvgIpc) is 3.09. The minimum absolute atomic E-state index is 0.407. The molecule has 0 saturated heterocycles. The molecule has 7 heteroatoms. The molecule has 0 spiro atoms. The molecule has 27 heavy (non-hydrogen) atoms. The van der Waals surface area contributed by atoms with Crippen LogP contribution in [0.25, 0.3) is 0 Å². The van der Waals surface area contributed by atoms with Gasteiger partial charge in [-0.05, 0) is 66.3 Å². The molecule has 5 nitrogen and oxygen atoms in total. The smallest absolute Gasteiger partial charge is 0.191 e. The van der Waals surface area contributed by atoms with Gasteiger partial charge in [0.15, 0.2) is 5.11 Å². The van der Waals surface area contributed by atoms with Crippen molar-refractivity contribution in [3.63, 3.8) is 0 Å². The second-order valence-corrected chi connectivity index (χ2v) is 6.59. The molecule has 1 heterocycles. The normalized spacial score (nSPS) is 10.7. The molecule has 3 rings (SSSR count). The third kappa shape index (κ3) is 5.57. The van der Waals surface area contributed by atoms with Gasteiger partial charge in [-0.1, -0.05) is 23.7 Å². The van der Waals surface area contributed by atoms with Gasteiger partial charge in [0, 0.05) is 23.5 Å². The van der Waals surface area contributed by atoms with E-state index in [0.717, 1.165) is 27.7 Å². The number of hydrogen-bond donors (Lipinski definition) is 2. The highest BCUT2D eigenvalue weighted by atomic mass is 35.5. The van der Waals surface area contributed by atoms with Gasteiger partial charge in [-0.15, -0.1) is 0 Å². The first kappa shape index (κ1) is 18.9. The number of methoxy groups -OCH3 is 1. The van der Waals surface area contributed by atoms with Crippen LogP contribution in [0.15, 0.2) is 72.0 Å². The van der Waals surface area contributed by atoms with E-state index in [0.29, 0.717) is 11.7 Å². The maximum absolute atomic E-state index is 6.05. The molecule has 0 aliphatic rings. The fraction of sp³-hybridized carbons (Fsp3) is 0.100. The molecule has 0 amide bonds. The summed E-state index contributed by atoms with van der Waals surface area (Å²) in [6, 6.07) is 19.2. The van der Waals surface area contributed by atoms with E-state index in [1.165, 1.54) is 0 Å². The van der Waals surface area contributed by atoms with Gasteiger partial charge in [-0.3, -0.25) is 5.43 Å². The van der Waals surface area contributed by atoms with Gasteiger partial charge in [-0.25, -0.2) is 0 Å². The van der Waals surface area contributed by atoms with Crippen molar-refractivity contribution in [1.29, 1.82) is 0 Å². The van der Waals surface area contributed by atoms with Gasteiger partial charge in [-0.2, -0.15) is 5.10 Å². The highest BCUT2D eigenvalue weighted by molar-refractivity contribution is 7.80. The lowest BCUT2D eigenvalue weighted by atomic mass is 10.2. The second kappa shape index (κ2) is 9.21. The zero-order valence-electron chi connectivity index (χ0n) is 14.7. The molecule has 3 aromatic rings. The molecule has 1 aromatic heterocycles.